The van der Waals surface area contributed by atoms with Crippen LogP contribution < -0.4 is 0 Å². The Morgan fingerprint density at radius 1 is 1.30 bits per heavy atom. The summed E-state index contributed by atoms with van der Waals surface area (Å²) in [5.41, 5.74) is 0. The van der Waals surface area contributed by atoms with E-state index in [0.29, 0.717) is 0 Å². The monoisotopic (exact) mass is 224 g/mol. The van der Waals surface area contributed by atoms with Gasteiger partial charge in [-0.3, -0.25) is 0 Å². The molecular formula is C4H2BrF5. The topological polar surface area (TPSA) is 0 Å². The molecule has 0 saturated heterocycles. The van der Waals surface area contributed by atoms with Crippen molar-refractivity contribution < 1.29 is 22.0 Å². The van der Waals surface area contributed by atoms with Gasteiger partial charge in [0.15, 0.2) is 0 Å². The van der Waals surface area contributed by atoms with E-state index < -0.39 is 23.2 Å². The molecule has 0 nitrogen and oxygen atoms in total. The Morgan fingerprint density at radius 3 is 1.80 bits per heavy atom. The normalized spacial score (nSPS) is 16.2. The van der Waals surface area contributed by atoms with Crippen molar-refractivity contribution in [3.05, 3.63) is 11.9 Å². The first-order valence-corrected chi connectivity index (χ1v) is 2.86. The molecule has 0 aliphatic rings. The zero-order valence-corrected chi connectivity index (χ0v) is 6.06. The van der Waals surface area contributed by atoms with Crippen molar-refractivity contribution in [3.63, 3.8) is 0 Å². The van der Waals surface area contributed by atoms with Crippen LogP contribution in [0.5, 0.6) is 0 Å². The zero-order chi connectivity index (χ0) is 8.36. The Balaban J connectivity index is 4.49. The van der Waals surface area contributed by atoms with Gasteiger partial charge in [0.1, 0.15) is 6.67 Å². The molecule has 6 heteroatoms. The number of alkyl halides is 3. The van der Waals surface area contributed by atoms with Crippen LogP contribution in [-0.2, 0) is 0 Å². The quantitative estimate of drug-likeness (QED) is 0.500. The lowest BCUT2D eigenvalue weighted by molar-refractivity contribution is 0.214. The van der Waals surface area contributed by atoms with Gasteiger partial charge < -0.3 is 0 Å². The summed E-state index contributed by atoms with van der Waals surface area (Å²) in [6.45, 7) is -1.88. The third-order valence-electron chi connectivity index (χ3n) is 0.655. The lowest BCUT2D eigenvalue weighted by atomic mass is 10.4. The van der Waals surface area contributed by atoms with Crippen LogP contribution in [0.4, 0.5) is 22.0 Å². The van der Waals surface area contributed by atoms with Crippen molar-refractivity contribution in [3.8, 4) is 0 Å². The summed E-state index contributed by atoms with van der Waals surface area (Å²) >= 11 is 1.79. The summed E-state index contributed by atoms with van der Waals surface area (Å²) in [5.74, 6) is -2.42. The maximum Gasteiger partial charge on any atom is 0.305 e. The van der Waals surface area contributed by atoms with Gasteiger partial charge in [-0.15, -0.1) is 0 Å². The standard InChI is InChI=1S/C4H2BrF5/c5-4(10,1-6)2(7)3(8)9/h1H2. The predicted molar refractivity (Wildman–Crippen MR) is 29.1 cm³/mol. The van der Waals surface area contributed by atoms with E-state index in [1.54, 1.807) is 15.9 Å². The SMILES string of the molecule is FCC(F)(Br)C(F)=C(F)F. The summed E-state index contributed by atoms with van der Waals surface area (Å²) in [6.07, 6.45) is -2.86. The van der Waals surface area contributed by atoms with Crippen LogP contribution in [-0.4, -0.2) is 11.3 Å². The van der Waals surface area contributed by atoms with Crippen molar-refractivity contribution in [2.24, 2.45) is 0 Å². The van der Waals surface area contributed by atoms with Gasteiger partial charge in [0.25, 0.3) is 0 Å². The molecule has 10 heavy (non-hydrogen) atoms. The van der Waals surface area contributed by atoms with Crippen LogP contribution in [0.1, 0.15) is 0 Å². The van der Waals surface area contributed by atoms with Crippen LogP contribution in [0.25, 0.3) is 0 Å². The highest BCUT2D eigenvalue weighted by molar-refractivity contribution is 9.10. The van der Waals surface area contributed by atoms with Gasteiger partial charge in [0.2, 0.25) is 10.4 Å². The summed E-state index contributed by atoms with van der Waals surface area (Å²) in [5, 5.41) is 0. The smallest absolute Gasteiger partial charge is 0.246 e. The number of hydrogen-bond acceptors (Lipinski definition) is 0. The van der Waals surface area contributed by atoms with Crippen LogP contribution in [0.3, 0.4) is 0 Å². The molecule has 0 aromatic heterocycles. The van der Waals surface area contributed by atoms with Gasteiger partial charge in [0.05, 0.1) is 0 Å². The molecule has 0 N–H and O–H groups in total. The first-order valence-electron chi connectivity index (χ1n) is 2.07. The van der Waals surface area contributed by atoms with Crippen molar-refractivity contribution in [2.75, 3.05) is 6.67 Å². The lowest BCUT2D eigenvalue weighted by Crippen LogP contribution is -2.17. The maximum atomic E-state index is 12.1. The van der Waals surface area contributed by atoms with Gasteiger partial charge in [0, 0.05) is 0 Å². The maximum absolute atomic E-state index is 12.1. The highest BCUT2D eigenvalue weighted by Crippen LogP contribution is 2.33. The first-order chi connectivity index (χ1) is 4.41. The fourth-order valence-electron chi connectivity index (χ4n) is 0.197. The minimum atomic E-state index is -3.37. The molecule has 0 amide bonds. The van der Waals surface area contributed by atoms with E-state index in [2.05, 4.69) is 0 Å². The van der Waals surface area contributed by atoms with E-state index in [1.165, 1.54) is 0 Å². The van der Waals surface area contributed by atoms with Crippen LogP contribution in [0.2, 0.25) is 0 Å². The van der Waals surface area contributed by atoms with E-state index in [0.717, 1.165) is 0 Å². The Labute approximate surface area is 61.8 Å². The van der Waals surface area contributed by atoms with E-state index in [9.17, 15) is 22.0 Å². The minimum absolute atomic E-state index is 1.79. The van der Waals surface area contributed by atoms with Gasteiger partial charge in [-0.1, -0.05) is 0 Å². The Morgan fingerprint density at radius 2 is 1.70 bits per heavy atom. The second-order valence-electron chi connectivity index (χ2n) is 1.41. The van der Waals surface area contributed by atoms with Gasteiger partial charge in [-0.2, -0.15) is 8.78 Å². The third-order valence-corrected chi connectivity index (χ3v) is 1.21. The minimum Gasteiger partial charge on any atom is -0.246 e. The van der Waals surface area contributed by atoms with Crippen LogP contribution >= 0.6 is 15.9 Å². The molecular weight excluding hydrogens is 223 g/mol. The number of halogens is 6. The molecule has 0 aliphatic carbocycles. The van der Waals surface area contributed by atoms with E-state index in [1.807, 2.05) is 0 Å². The third kappa shape index (κ3) is 2.24. The predicted octanol–water partition coefficient (Wildman–Crippen LogP) is 3.09. The Bertz CT molecular complexity index is 148. The molecule has 0 aliphatic heterocycles. The lowest BCUT2D eigenvalue weighted by Gasteiger charge is -2.08. The van der Waals surface area contributed by atoms with Crippen LogP contribution in [0.15, 0.2) is 11.9 Å². The average molecular weight is 225 g/mol. The van der Waals surface area contributed by atoms with E-state index in [-0.39, 0.29) is 0 Å². The Kier molecular flexibility index (Phi) is 3.27. The molecule has 0 heterocycles. The molecule has 0 bridgehead atoms. The van der Waals surface area contributed by atoms with Crippen molar-refractivity contribution in [1.29, 1.82) is 0 Å². The first kappa shape index (κ1) is 9.87. The largest absolute Gasteiger partial charge is 0.305 e. The molecule has 0 aromatic rings. The molecule has 0 aromatic carbocycles. The second kappa shape index (κ2) is 3.32. The second-order valence-corrected chi connectivity index (χ2v) is 2.67. The average Bonchev–Trinajstić information content (AvgIpc) is 1.86. The summed E-state index contributed by atoms with van der Waals surface area (Å²) < 4.78 is 54.2. The van der Waals surface area contributed by atoms with Gasteiger partial charge >= 0.3 is 6.08 Å². The van der Waals surface area contributed by atoms with E-state index in [4.69, 9.17) is 0 Å². The zero-order valence-electron chi connectivity index (χ0n) is 4.47. The van der Waals surface area contributed by atoms with Gasteiger partial charge in [-0.05, 0) is 15.9 Å². The van der Waals surface area contributed by atoms with Crippen molar-refractivity contribution in [1.82, 2.24) is 0 Å². The summed E-state index contributed by atoms with van der Waals surface area (Å²) in [7, 11) is 0. The molecule has 0 spiro atoms. The van der Waals surface area contributed by atoms with Crippen molar-refractivity contribution in [2.45, 2.75) is 4.58 Å². The van der Waals surface area contributed by atoms with Crippen LogP contribution in [0, 0.1) is 0 Å². The molecule has 1 unspecified atom stereocenters. The van der Waals surface area contributed by atoms with Gasteiger partial charge in [-0.25, -0.2) is 13.2 Å². The fraction of sp³-hybridized carbons (Fsp3) is 0.500. The molecule has 0 rings (SSSR count). The number of hydrogen-bond donors (Lipinski definition) is 0. The highest BCUT2D eigenvalue weighted by atomic mass is 79.9. The molecule has 0 saturated carbocycles. The van der Waals surface area contributed by atoms with E-state index >= 15 is 0 Å². The highest BCUT2D eigenvalue weighted by Gasteiger charge is 2.35. The summed E-state index contributed by atoms with van der Waals surface area (Å²) in [4.78, 5) is 0. The van der Waals surface area contributed by atoms with Crippen molar-refractivity contribution >= 4 is 15.9 Å². The molecule has 1 atom stereocenters. The molecule has 0 radical (unpaired) electrons. The number of allylic oxidation sites excluding steroid dienone is 1. The molecule has 60 valence electrons. The number of rotatable bonds is 2. The fourth-order valence-corrected chi connectivity index (χ4v) is 0.347. The summed E-state index contributed by atoms with van der Waals surface area (Å²) in [6, 6.07) is 0. The Hall–Kier alpha value is -0.130. The molecule has 0 fully saturated rings.